The molecule has 0 bridgehead atoms. The van der Waals surface area contributed by atoms with E-state index in [1.54, 1.807) is 6.92 Å². The molecule has 0 aliphatic carbocycles. The predicted molar refractivity (Wildman–Crippen MR) is 48.2 cm³/mol. The zero-order chi connectivity index (χ0) is 9.99. The lowest BCUT2D eigenvalue weighted by molar-refractivity contribution is -0.221. The molecule has 74 valence electrons. The van der Waals surface area contributed by atoms with E-state index in [2.05, 4.69) is 0 Å². The van der Waals surface area contributed by atoms with E-state index in [4.69, 9.17) is 16.2 Å². The molecule has 5 N–H and O–H groups in total. The molecule has 0 unspecified atom stereocenters. The fourth-order valence-electron chi connectivity index (χ4n) is 0.464. The largest absolute Gasteiger partial charge is 0.352 e. The van der Waals surface area contributed by atoms with E-state index in [0.717, 1.165) is 0 Å². The van der Waals surface area contributed by atoms with Gasteiger partial charge in [-0.15, -0.1) is 0 Å². The number of rotatable bonds is 3. The first-order chi connectivity index (χ1) is 5.15. The highest BCUT2D eigenvalue weighted by Gasteiger charge is 2.29. The first kappa shape index (κ1) is 11.8. The van der Waals surface area contributed by atoms with Gasteiger partial charge in [-0.2, -0.15) is 0 Å². The van der Waals surface area contributed by atoms with Crippen LogP contribution in [0.5, 0.6) is 0 Å². The van der Waals surface area contributed by atoms with E-state index in [1.165, 1.54) is 0 Å². The fourth-order valence-corrected chi connectivity index (χ4v) is 0.464. The Kier molecular flexibility index (Phi) is 3.65. The van der Waals surface area contributed by atoms with Crippen molar-refractivity contribution in [1.29, 1.82) is 0 Å². The van der Waals surface area contributed by atoms with E-state index in [-0.39, 0.29) is 5.41 Å². The van der Waals surface area contributed by atoms with Gasteiger partial charge < -0.3 is 15.6 Å². The minimum atomic E-state index is -1.71. The summed E-state index contributed by atoms with van der Waals surface area (Å²) in [6, 6.07) is -0.597. The van der Waals surface area contributed by atoms with Gasteiger partial charge in [0.05, 0.1) is 12.6 Å². The Hall–Kier alpha value is -0.160. The van der Waals surface area contributed by atoms with Gasteiger partial charge >= 0.3 is 0 Å². The van der Waals surface area contributed by atoms with Crippen LogP contribution in [0.4, 0.5) is 0 Å². The monoisotopic (exact) mass is 176 g/mol. The first-order valence-electron chi connectivity index (χ1n) is 4.06. The summed E-state index contributed by atoms with van der Waals surface area (Å²) >= 11 is 0. The molecular formula is C8H20N2O2. The molecule has 0 aliphatic rings. The Morgan fingerprint density at radius 1 is 1.42 bits per heavy atom. The molecule has 0 aliphatic heterocycles. The minimum absolute atomic E-state index is 0.0256. The van der Waals surface area contributed by atoms with Gasteiger partial charge in [-0.3, -0.25) is 5.73 Å². The van der Waals surface area contributed by atoms with E-state index in [9.17, 15) is 5.11 Å². The maximum atomic E-state index is 9.39. The van der Waals surface area contributed by atoms with Crippen LogP contribution in [0.3, 0.4) is 0 Å². The van der Waals surface area contributed by atoms with Gasteiger partial charge in [0.25, 0.3) is 0 Å². The summed E-state index contributed by atoms with van der Waals surface area (Å²) in [6.45, 7) is 7.95. The predicted octanol–water partition coefficient (Wildman–Crippen LogP) is 0.00110. The van der Waals surface area contributed by atoms with Crippen molar-refractivity contribution in [2.24, 2.45) is 16.9 Å². The molecule has 0 rings (SSSR count). The normalized spacial score (nSPS) is 20.2. The Balaban J connectivity index is 3.93. The van der Waals surface area contributed by atoms with Crippen molar-refractivity contribution in [3.8, 4) is 0 Å². The zero-order valence-electron chi connectivity index (χ0n) is 8.29. The van der Waals surface area contributed by atoms with Crippen LogP contribution in [0.15, 0.2) is 0 Å². The lowest BCUT2D eigenvalue weighted by Crippen LogP contribution is -2.56. The van der Waals surface area contributed by atoms with Crippen molar-refractivity contribution in [2.75, 3.05) is 6.61 Å². The Bertz CT molecular complexity index is 138. The van der Waals surface area contributed by atoms with Gasteiger partial charge in [-0.25, -0.2) is 0 Å². The van der Waals surface area contributed by atoms with Crippen LogP contribution in [-0.4, -0.2) is 23.7 Å². The third-order valence-corrected chi connectivity index (χ3v) is 1.39. The molecule has 0 fully saturated rings. The highest BCUT2D eigenvalue weighted by Crippen LogP contribution is 2.16. The fraction of sp³-hybridized carbons (Fsp3) is 1.00. The van der Waals surface area contributed by atoms with Gasteiger partial charge in [0.1, 0.15) is 0 Å². The van der Waals surface area contributed by atoms with Crippen molar-refractivity contribution in [1.82, 2.24) is 0 Å². The second-order valence-electron chi connectivity index (χ2n) is 4.39. The molecule has 4 nitrogen and oxygen atoms in total. The highest BCUT2D eigenvalue weighted by atomic mass is 16.6. The molecule has 0 saturated heterocycles. The minimum Gasteiger partial charge on any atom is -0.352 e. The number of hydrogen-bond acceptors (Lipinski definition) is 4. The molecule has 12 heavy (non-hydrogen) atoms. The summed E-state index contributed by atoms with van der Waals surface area (Å²) in [5.74, 6) is -1.71. The van der Waals surface area contributed by atoms with Crippen molar-refractivity contribution < 1.29 is 9.84 Å². The highest BCUT2D eigenvalue weighted by molar-refractivity contribution is 4.71. The van der Waals surface area contributed by atoms with Gasteiger partial charge in [-0.1, -0.05) is 20.8 Å². The second-order valence-corrected chi connectivity index (χ2v) is 4.39. The van der Waals surface area contributed by atoms with Crippen molar-refractivity contribution in [2.45, 2.75) is 39.6 Å². The quantitative estimate of drug-likeness (QED) is 0.529. The molecule has 0 heterocycles. The molecule has 4 heteroatoms. The third-order valence-electron chi connectivity index (χ3n) is 1.39. The lowest BCUT2D eigenvalue weighted by atomic mass is 9.98. The van der Waals surface area contributed by atoms with Crippen LogP contribution >= 0.6 is 0 Å². The third kappa shape index (κ3) is 4.66. The number of hydrogen-bond donors (Lipinski definition) is 3. The standard InChI is InChI=1S/C8H20N2O2/c1-6(9)8(10,11)12-5-7(2,3)4/h6,11H,5,9-10H2,1-4H3/t6-,8-/m0/s1. The molecule has 2 atom stereocenters. The van der Waals surface area contributed by atoms with E-state index >= 15 is 0 Å². The maximum absolute atomic E-state index is 9.39. The van der Waals surface area contributed by atoms with Crippen LogP contribution in [-0.2, 0) is 4.74 Å². The van der Waals surface area contributed by atoms with E-state index in [1.807, 2.05) is 20.8 Å². The van der Waals surface area contributed by atoms with E-state index in [0.29, 0.717) is 6.61 Å². The van der Waals surface area contributed by atoms with Crippen LogP contribution < -0.4 is 11.5 Å². The average molecular weight is 176 g/mol. The molecule has 0 saturated carbocycles. The summed E-state index contributed by atoms with van der Waals surface area (Å²) in [6.07, 6.45) is 0. The van der Waals surface area contributed by atoms with Gasteiger partial charge in [-0.05, 0) is 12.3 Å². The van der Waals surface area contributed by atoms with Gasteiger partial charge in [0, 0.05) is 0 Å². The van der Waals surface area contributed by atoms with Crippen LogP contribution in [0.1, 0.15) is 27.7 Å². The van der Waals surface area contributed by atoms with Crippen LogP contribution in [0.25, 0.3) is 0 Å². The van der Waals surface area contributed by atoms with Crippen molar-refractivity contribution >= 4 is 0 Å². The van der Waals surface area contributed by atoms with Crippen molar-refractivity contribution in [3.63, 3.8) is 0 Å². The van der Waals surface area contributed by atoms with Gasteiger partial charge in [0.15, 0.2) is 0 Å². The zero-order valence-corrected chi connectivity index (χ0v) is 8.29. The van der Waals surface area contributed by atoms with Gasteiger partial charge in [0.2, 0.25) is 5.91 Å². The molecule has 0 amide bonds. The topological polar surface area (TPSA) is 81.5 Å². The SMILES string of the molecule is C[C@H](N)[C@](N)(O)OCC(C)(C)C. The summed E-state index contributed by atoms with van der Waals surface area (Å²) in [5, 5.41) is 9.39. The summed E-state index contributed by atoms with van der Waals surface area (Å²) in [4.78, 5) is 0. The summed E-state index contributed by atoms with van der Waals surface area (Å²) in [7, 11) is 0. The number of aliphatic hydroxyl groups is 1. The average Bonchev–Trinajstić information content (AvgIpc) is 1.82. The molecule has 0 aromatic rings. The van der Waals surface area contributed by atoms with Crippen LogP contribution in [0.2, 0.25) is 0 Å². The lowest BCUT2D eigenvalue weighted by Gasteiger charge is -2.30. The van der Waals surface area contributed by atoms with E-state index < -0.39 is 12.0 Å². The smallest absolute Gasteiger partial charge is 0.238 e. The first-order valence-corrected chi connectivity index (χ1v) is 4.06. The van der Waals surface area contributed by atoms with Crippen molar-refractivity contribution in [3.05, 3.63) is 0 Å². The summed E-state index contributed by atoms with van der Waals surface area (Å²) < 4.78 is 5.06. The second kappa shape index (κ2) is 3.70. The number of nitrogens with two attached hydrogens (primary N) is 2. The maximum Gasteiger partial charge on any atom is 0.238 e. The molecular weight excluding hydrogens is 156 g/mol. The van der Waals surface area contributed by atoms with Crippen LogP contribution in [0, 0.1) is 5.41 Å². The Morgan fingerprint density at radius 2 is 1.83 bits per heavy atom. The Morgan fingerprint density at radius 3 is 2.08 bits per heavy atom. The molecule has 0 spiro atoms. The molecule has 0 aromatic carbocycles. The number of ether oxygens (including phenoxy) is 1. The molecule has 0 aromatic heterocycles. The molecule has 0 radical (unpaired) electrons. The summed E-state index contributed by atoms with van der Waals surface area (Å²) in [5.41, 5.74) is 10.7. The Labute approximate surface area is 73.9 Å².